The number of anilines is 1. The monoisotopic (exact) mass is 352 g/mol. The van der Waals surface area contributed by atoms with Crippen molar-refractivity contribution in [3.05, 3.63) is 27.1 Å². The Hall–Kier alpha value is -2.12. The summed E-state index contributed by atoms with van der Waals surface area (Å²) >= 11 is 1.65. The maximum Gasteiger partial charge on any atom is 0.331 e. The van der Waals surface area contributed by atoms with Crippen LogP contribution >= 0.6 is 11.8 Å². The number of thioether (sulfide) groups is 1. The van der Waals surface area contributed by atoms with Crippen LogP contribution in [0.15, 0.2) is 16.0 Å². The second-order valence-electron chi connectivity index (χ2n) is 7.76. The Morgan fingerprint density at radius 1 is 1.44 bits per heavy atom. The number of rotatable bonds is 0. The summed E-state index contributed by atoms with van der Waals surface area (Å²) in [4.78, 5) is 18.3. The van der Waals surface area contributed by atoms with Crippen molar-refractivity contribution in [1.29, 1.82) is 0 Å². The molecule has 3 atom stereocenters. The lowest BCUT2D eigenvalue weighted by molar-refractivity contribution is -0.144. The van der Waals surface area contributed by atoms with E-state index < -0.39 is 5.72 Å². The van der Waals surface area contributed by atoms with Gasteiger partial charge in [-0.3, -0.25) is 9.79 Å². The number of fused-ring (bicyclic) bond motifs is 3. The Bertz CT molecular complexity index is 1170. The zero-order chi connectivity index (χ0) is 16.7. The van der Waals surface area contributed by atoms with Crippen LogP contribution in [0, 0.1) is 0 Å². The number of ketones is 1. The maximum absolute atomic E-state index is 12.9. The van der Waals surface area contributed by atoms with E-state index in [4.69, 9.17) is 0 Å². The van der Waals surface area contributed by atoms with Crippen LogP contribution in [-0.4, -0.2) is 39.9 Å². The zero-order valence-electron chi connectivity index (χ0n) is 13.2. The van der Waals surface area contributed by atoms with Crippen LogP contribution in [0.2, 0.25) is 0 Å². The van der Waals surface area contributed by atoms with Crippen molar-refractivity contribution in [3.63, 3.8) is 0 Å². The molecule has 6 aliphatic rings. The second-order valence-corrected chi connectivity index (χ2v) is 9.00. The number of carbonyl (C=O) groups excluding carboxylic acids is 1. The van der Waals surface area contributed by atoms with Crippen molar-refractivity contribution in [2.45, 2.75) is 35.8 Å². The van der Waals surface area contributed by atoms with Crippen molar-refractivity contribution >= 4 is 40.7 Å². The van der Waals surface area contributed by atoms with Gasteiger partial charge in [-0.15, -0.1) is 11.8 Å². The smallest absolute Gasteiger partial charge is 0.331 e. The number of hydrogen-bond acceptors (Lipinski definition) is 6. The number of aliphatic hydroxyl groups is 1. The predicted octanol–water partition coefficient (Wildman–Crippen LogP) is -0.161. The van der Waals surface area contributed by atoms with Gasteiger partial charge in [0.25, 0.3) is 5.78 Å². The molecule has 1 spiro atoms. The van der Waals surface area contributed by atoms with Gasteiger partial charge in [-0.2, -0.15) is 4.58 Å². The number of nitrogens with zero attached hydrogens (tertiary/aromatic N) is 2. The first-order valence-corrected chi connectivity index (χ1v) is 9.44. The first-order valence-electron chi connectivity index (χ1n) is 8.56. The quantitative estimate of drug-likeness (QED) is 0.446. The van der Waals surface area contributed by atoms with Crippen molar-refractivity contribution < 1.29 is 15.0 Å². The normalized spacial score (nSPS) is 37.4. The number of benzene rings is 1. The van der Waals surface area contributed by atoms with Crippen LogP contribution in [0.4, 0.5) is 11.4 Å². The van der Waals surface area contributed by atoms with Crippen molar-refractivity contribution in [3.8, 4) is 5.75 Å². The largest absolute Gasteiger partial charge is 0.504 e. The summed E-state index contributed by atoms with van der Waals surface area (Å²) < 4.78 is 1.87. The fraction of sp³-hybridized carbons (Fsp3) is 0.389. The molecule has 1 fully saturated rings. The third kappa shape index (κ3) is 1.15. The second kappa shape index (κ2) is 3.54. The predicted molar refractivity (Wildman–Crippen MR) is 93.6 cm³/mol. The summed E-state index contributed by atoms with van der Waals surface area (Å²) in [6.07, 6.45) is 5.40. The van der Waals surface area contributed by atoms with Crippen LogP contribution in [0.25, 0.3) is 5.57 Å². The highest BCUT2D eigenvalue weighted by atomic mass is 32.2. The lowest BCUT2D eigenvalue weighted by Crippen LogP contribution is -2.70. The van der Waals surface area contributed by atoms with Gasteiger partial charge in [0.05, 0.1) is 28.3 Å². The molecule has 25 heavy (non-hydrogen) atoms. The number of nitrogens with one attached hydrogen (secondary N) is 1. The number of aromatic hydroxyl groups is 1. The van der Waals surface area contributed by atoms with Crippen LogP contribution < -0.4 is 20.5 Å². The van der Waals surface area contributed by atoms with Crippen LogP contribution in [-0.2, 0) is 10.2 Å². The molecule has 7 heteroatoms. The van der Waals surface area contributed by atoms with Crippen LogP contribution in [0.1, 0.15) is 24.8 Å². The fourth-order valence-corrected chi connectivity index (χ4v) is 7.22. The topological polar surface area (TPSA) is 84.9 Å². The molecule has 6 nitrogen and oxygen atoms in total. The lowest BCUT2D eigenvalue weighted by atomic mass is 9.63. The van der Waals surface area contributed by atoms with Gasteiger partial charge in [0.1, 0.15) is 5.69 Å². The summed E-state index contributed by atoms with van der Waals surface area (Å²) in [5, 5.41) is 27.7. The van der Waals surface area contributed by atoms with Gasteiger partial charge in [0, 0.05) is 29.0 Å². The Morgan fingerprint density at radius 2 is 2.32 bits per heavy atom. The molecule has 124 valence electrons. The highest BCUT2D eigenvalue weighted by molar-refractivity contribution is 8.04. The van der Waals surface area contributed by atoms with E-state index >= 15 is 0 Å². The molecular weight excluding hydrogens is 338 g/mol. The minimum atomic E-state index is -1.49. The third-order valence-electron chi connectivity index (χ3n) is 6.68. The summed E-state index contributed by atoms with van der Waals surface area (Å²) in [5.74, 6) is -0.0142. The Labute approximate surface area is 146 Å². The summed E-state index contributed by atoms with van der Waals surface area (Å²) in [7, 11) is 0. The van der Waals surface area contributed by atoms with E-state index in [1.54, 1.807) is 17.8 Å². The molecule has 0 aromatic heterocycles. The summed E-state index contributed by atoms with van der Waals surface area (Å²) in [5.41, 5.74) is 1.59. The van der Waals surface area contributed by atoms with Gasteiger partial charge in [0.15, 0.2) is 12.3 Å². The molecule has 1 aromatic carbocycles. The first-order chi connectivity index (χ1) is 12.0. The SMILES string of the molecule is O=C1C=C2SC3CC24CC1(O)[N+]1=c2c4c(c(O)c4c2=C(C=N4)CC1)N3. The number of carbonyl (C=O) groups is 1. The summed E-state index contributed by atoms with van der Waals surface area (Å²) in [6, 6.07) is 0. The third-order valence-corrected chi connectivity index (χ3v) is 8.01. The summed E-state index contributed by atoms with van der Waals surface area (Å²) in [6.45, 7) is 0.586. The molecule has 3 N–H and O–H groups in total. The molecule has 5 heterocycles. The van der Waals surface area contributed by atoms with Crippen molar-refractivity contribution in [2.24, 2.45) is 4.99 Å². The average Bonchev–Trinajstić information content (AvgIpc) is 3.12. The molecule has 0 amide bonds. The Morgan fingerprint density at radius 3 is 3.20 bits per heavy atom. The molecule has 3 unspecified atom stereocenters. The van der Waals surface area contributed by atoms with Crippen LogP contribution in [0.5, 0.6) is 5.75 Å². The minimum Gasteiger partial charge on any atom is -0.504 e. The van der Waals surface area contributed by atoms with Gasteiger partial charge in [-0.05, 0) is 12.0 Å². The molecule has 1 aromatic rings. The van der Waals surface area contributed by atoms with Crippen molar-refractivity contribution in [1.82, 2.24) is 4.58 Å². The molecular formula is C18H14N3O3S+. The molecule has 3 bridgehead atoms. The molecule has 5 aliphatic heterocycles. The lowest BCUT2D eigenvalue weighted by Gasteiger charge is -2.44. The first kappa shape index (κ1) is 13.1. The molecule has 7 rings (SSSR count). The van der Waals surface area contributed by atoms with Crippen molar-refractivity contribution in [2.75, 3.05) is 11.9 Å². The van der Waals surface area contributed by atoms with Crippen LogP contribution in [0.3, 0.4) is 0 Å². The zero-order valence-corrected chi connectivity index (χ0v) is 14.0. The fourth-order valence-electron chi connectivity index (χ4n) is 5.71. The molecule has 0 saturated carbocycles. The molecule has 1 aliphatic carbocycles. The standard InChI is InChI=1S/C18H13N3O3S/c22-8-3-9-17-4-10(25-9)20-14-12(17)15-11-7(5-19-13(11)16(14)23)1-2-21(15)18(8,24)6-17/h3,5,10,24H,1-2,4,6H2,(H,19,20,23)/p+1. The van der Waals surface area contributed by atoms with E-state index in [0.29, 0.717) is 25.1 Å². The number of aliphatic imine (C=N–C) groups is 1. The minimum absolute atomic E-state index is 0.106. The van der Waals surface area contributed by atoms with E-state index in [1.807, 2.05) is 10.8 Å². The number of hydrogen-bond donors (Lipinski definition) is 3. The van der Waals surface area contributed by atoms with E-state index in [9.17, 15) is 15.0 Å². The van der Waals surface area contributed by atoms with E-state index in [0.717, 1.165) is 38.7 Å². The Kier molecular flexibility index (Phi) is 1.86. The Balaban J connectivity index is 1.83. The highest BCUT2D eigenvalue weighted by Gasteiger charge is 2.67. The van der Waals surface area contributed by atoms with Gasteiger partial charge in [-0.25, -0.2) is 0 Å². The average molecular weight is 352 g/mol. The maximum atomic E-state index is 12.9. The van der Waals surface area contributed by atoms with Gasteiger partial charge >= 0.3 is 5.72 Å². The van der Waals surface area contributed by atoms with E-state index in [2.05, 4.69) is 10.3 Å². The van der Waals surface area contributed by atoms with E-state index in [-0.39, 0.29) is 22.3 Å². The number of phenolic OH excluding ortho intramolecular Hbond substituents is 1. The number of allylic oxidation sites excluding steroid dienone is 1. The molecule has 0 radical (unpaired) electrons. The van der Waals surface area contributed by atoms with Gasteiger partial charge in [-0.1, -0.05) is 0 Å². The van der Waals surface area contributed by atoms with Gasteiger partial charge in [0.2, 0.25) is 5.36 Å². The van der Waals surface area contributed by atoms with E-state index in [1.165, 1.54) is 0 Å². The number of phenols is 1. The molecule has 1 saturated heterocycles. The highest BCUT2D eigenvalue weighted by Crippen LogP contribution is 2.63. The van der Waals surface area contributed by atoms with Gasteiger partial charge < -0.3 is 15.5 Å².